The highest BCUT2D eigenvalue weighted by molar-refractivity contribution is 9.10. The zero-order valence-electron chi connectivity index (χ0n) is 21.3. The average molecular weight is 602 g/mol. The van der Waals surface area contributed by atoms with E-state index in [1.165, 1.54) is 6.92 Å². The fourth-order valence-corrected chi connectivity index (χ4v) is 6.55. The van der Waals surface area contributed by atoms with Gasteiger partial charge in [0.1, 0.15) is 6.04 Å². The lowest BCUT2D eigenvalue weighted by Gasteiger charge is -2.45. The first kappa shape index (κ1) is 25.9. The van der Waals surface area contributed by atoms with Gasteiger partial charge in [-0.25, -0.2) is 4.79 Å². The van der Waals surface area contributed by atoms with Gasteiger partial charge in [0.15, 0.2) is 6.61 Å². The number of benzene rings is 3. The van der Waals surface area contributed by atoms with Gasteiger partial charge in [0.25, 0.3) is 11.8 Å². The van der Waals surface area contributed by atoms with E-state index in [2.05, 4.69) is 26.8 Å². The van der Waals surface area contributed by atoms with Crippen LogP contribution < -0.4 is 10.9 Å². The molecule has 1 aliphatic heterocycles. The number of imide groups is 1. The zero-order valence-corrected chi connectivity index (χ0v) is 22.9. The highest BCUT2D eigenvalue weighted by Gasteiger charge is 2.62. The number of hydrazine groups is 1. The van der Waals surface area contributed by atoms with Crippen LogP contribution in [-0.4, -0.2) is 47.1 Å². The Morgan fingerprint density at radius 2 is 1.27 bits per heavy atom. The first-order valence-electron chi connectivity index (χ1n) is 12.8. The van der Waals surface area contributed by atoms with Crippen molar-refractivity contribution >= 4 is 45.5 Å². The molecule has 0 saturated carbocycles. The molecule has 3 aromatic rings. The molecule has 3 atom stereocenters. The molecule has 9 nitrogen and oxygen atoms in total. The van der Waals surface area contributed by atoms with E-state index in [0.29, 0.717) is 5.56 Å². The summed E-state index contributed by atoms with van der Waals surface area (Å²) in [6.45, 7) is 0.722. The number of rotatable bonds is 5. The molecular formula is C30H24BrN3O6. The van der Waals surface area contributed by atoms with E-state index in [0.717, 1.165) is 31.6 Å². The van der Waals surface area contributed by atoms with Crippen LogP contribution in [0.15, 0.2) is 77.3 Å². The number of esters is 1. The number of ether oxygens (including phenoxy) is 1. The first-order chi connectivity index (χ1) is 19.3. The summed E-state index contributed by atoms with van der Waals surface area (Å²) in [5, 5.41) is 0. The maximum Gasteiger partial charge on any atom is 0.329 e. The van der Waals surface area contributed by atoms with Gasteiger partial charge in [0.2, 0.25) is 11.8 Å². The minimum atomic E-state index is -1.22. The van der Waals surface area contributed by atoms with E-state index < -0.39 is 54.1 Å². The molecular weight excluding hydrogens is 578 g/mol. The molecule has 3 aromatic carbocycles. The predicted octanol–water partition coefficient (Wildman–Crippen LogP) is 3.03. The van der Waals surface area contributed by atoms with E-state index in [-0.39, 0.29) is 11.8 Å². The van der Waals surface area contributed by atoms with Crippen molar-refractivity contribution in [3.8, 4) is 0 Å². The fraction of sp³-hybridized carbons (Fsp3) is 0.233. The van der Waals surface area contributed by atoms with Crippen LogP contribution in [0.25, 0.3) is 0 Å². The molecule has 1 fully saturated rings. The molecule has 10 heteroatoms. The Hall–Kier alpha value is -4.31. The molecule has 4 amide bonds. The third-order valence-electron chi connectivity index (χ3n) is 7.98. The lowest BCUT2D eigenvalue weighted by molar-refractivity contribution is -0.159. The standard InChI is InChI=1S/C30H24BrN3O6/c1-15(30(39)40-14-22(35)32-33-27(36)16-10-12-17(31)13-11-16)34-28(37)25-23-18-6-2-3-7-19(18)24(26(25)29(34)38)21-9-5-4-8-20(21)23/h2-13,15,23-26H,14H2,1H3,(H,32,35)(H,33,36)/t15-,23?,24?,25-,26+/m0/s1. The molecule has 7 rings (SSSR count). The molecule has 0 radical (unpaired) electrons. The summed E-state index contributed by atoms with van der Waals surface area (Å²) in [4.78, 5) is 65.8. The van der Waals surface area contributed by atoms with Crippen LogP contribution in [0.1, 0.15) is 51.4 Å². The number of carbonyl (C=O) groups is 5. The lowest BCUT2D eigenvalue weighted by Crippen LogP contribution is -2.47. The Morgan fingerprint density at radius 3 is 1.75 bits per heavy atom. The van der Waals surface area contributed by atoms with Gasteiger partial charge >= 0.3 is 5.97 Å². The second kappa shape index (κ2) is 10.0. The Balaban J connectivity index is 1.13. The topological polar surface area (TPSA) is 122 Å². The van der Waals surface area contributed by atoms with Gasteiger partial charge in [-0.05, 0) is 53.4 Å². The number of halogens is 1. The van der Waals surface area contributed by atoms with Crippen LogP contribution in [-0.2, 0) is 23.9 Å². The van der Waals surface area contributed by atoms with Crippen molar-refractivity contribution in [2.45, 2.75) is 24.8 Å². The number of carbonyl (C=O) groups excluding carboxylic acids is 5. The maximum absolute atomic E-state index is 13.7. The maximum atomic E-state index is 13.7. The first-order valence-corrected chi connectivity index (χ1v) is 13.6. The van der Waals surface area contributed by atoms with Gasteiger partial charge in [-0.2, -0.15) is 0 Å². The Labute approximate surface area is 238 Å². The minimum absolute atomic E-state index is 0.285. The van der Waals surface area contributed by atoms with E-state index >= 15 is 0 Å². The van der Waals surface area contributed by atoms with Crippen molar-refractivity contribution in [3.63, 3.8) is 0 Å². The van der Waals surface area contributed by atoms with E-state index in [4.69, 9.17) is 4.74 Å². The summed E-state index contributed by atoms with van der Waals surface area (Å²) in [5.74, 6) is -4.84. The third kappa shape index (κ3) is 4.10. The molecule has 0 spiro atoms. The third-order valence-corrected chi connectivity index (χ3v) is 8.51. The second-order valence-electron chi connectivity index (χ2n) is 10.1. The minimum Gasteiger partial charge on any atom is -0.454 e. The summed E-state index contributed by atoms with van der Waals surface area (Å²) in [5.41, 5.74) is 8.89. The van der Waals surface area contributed by atoms with Crippen LogP contribution in [0, 0.1) is 11.8 Å². The second-order valence-corrected chi connectivity index (χ2v) is 11.0. The summed E-state index contributed by atoms with van der Waals surface area (Å²) < 4.78 is 5.92. The molecule has 1 heterocycles. The SMILES string of the molecule is C[C@@H](C(=O)OCC(=O)NNC(=O)c1ccc(Br)cc1)N1C(=O)[C@@H]2C3c4ccccc4C(c4ccccc43)[C@@H]2C1=O. The fourth-order valence-electron chi connectivity index (χ4n) is 6.28. The summed E-state index contributed by atoms with van der Waals surface area (Å²) >= 11 is 3.28. The number of nitrogens with one attached hydrogen (secondary N) is 2. The molecule has 1 saturated heterocycles. The van der Waals surface area contributed by atoms with Crippen LogP contribution in [0.3, 0.4) is 0 Å². The van der Waals surface area contributed by atoms with E-state index in [9.17, 15) is 24.0 Å². The summed E-state index contributed by atoms with van der Waals surface area (Å²) in [6, 6.07) is 21.0. The van der Waals surface area contributed by atoms with Gasteiger partial charge in [-0.3, -0.25) is 34.9 Å². The summed E-state index contributed by atoms with van der Waals surface area (Å²) in [6.07, 6.45) is 0. The van der Waals surface area contributed by atoms with Crippen LogP contribution >= 0.6 is 15.9 Å². The van der Waals surface area contributed by atoms with E-state index in [1.807, 2.05) is 48.5 Å². The van der Waals surface area contributed by atoms with Crippen LogP contribution in [0.4, 0.5) is 0 Å². The van der Waals surface area contributed by atoms with Crippen molar-refractivity contribution < 1.29 is 28.7 Å². The van der Waals surface area contributed by atoms with Crippen molar-refractivity contribution in [1.29, 1.82) is 0 Å². The summed E-state index contributed by atoms with van der Waals surface area (Å²) in [7, 11) is 0. The smallest absolute Gasteiger partial charge is 0.329 e. The Morgan fingerprint density at radius 1 is 0.800 bits per heavy atom. The normalized spacial score (nSPS) is 22.6. The van der Waals surface area contributed by atoms with Gasteiger partial charge in [0.05, 0.1) is 11.8 Å². The number of hydrogen-bond donors (Lipinski definition) is 2. The van der Waals surface area contributed by atoms with E-state index in [1.54, 1.807) is 24.3 Å². The van der Waals surface area contributed by atoms with Crippen molar-refractivity contribution in [2.75, 3.05) is 6.61 Å². The predicted molar refractivity (Wildman–Crippen MR) is 146 cm³/mol. The highest BCUT2D eigenvalue weighted by atomic mass is 79.9. The largest absolute Gasteiger partial charge is 0.454 e. The van der Waals surface area contributed by atoms with Gasteiger partial charge in [-0.1, -0.05) is 64.5 Å². The molecule has 0 unspecified atom stereocenters. The lowest BCUT2D eigenvalue weighted by atomic mass is 9.55. The highest BCUT2D eigenvalue weighted by Crippen LogP contribution is 2.61. The van der Waals surface area contributed by atoms with Crippen molar-refractivity contribution in [1.82, 2.24) is 15.8 Å². The molecule has 4 aliphatic rings. The average Bonchev–Trinajstić information content (AvgIpc) is 3.24. The van der Waals surface area contributed by atoms with Crippen molar-refractivity contribution in [3.05, 3.63) is 105 Å². The van der Waals surface area contributed by atoms with Crippen molar-refractivity contribution in [2.24, 2.45) is 11.8 Å². The molecule has 3 aliphatic carbocycles. The van der Waals surface area contributed by atoms with Gasteiger partial charge in [-0.15, -0.1) is 0 Å². The monoisotopic (exact) mass is 601 g/mol. The molecule has 202 valence electrons. The van der Waals surface area contributed by atoms with Crippen LogP contribution in [0.2, 0.25) is 0 Å². The van der Waals surface area contributed by atoms with Gasteiger partial charge < -0.3 is 4.74 Å². The van der Waals surface area contributed by atoms with Crippen LogP contribution in [0.5, 0.6) is 0 Å². The van der Waals surface area contributed by atoms with Gasteiger partial charge in [0, 0.05) is 21.9 Å². The number of amides is 4. The Kier molecular flexibility index (Phi) is 6.50. The number of nitrogens with zero attached hydrogens (tertiary/aromatic N) is 1. The molecule has 2 N–H and O–H groups in total. The molecule has 40 heavy (non-hydrogen) atoms. The zero-order chi connectivity index (χ0) is 28.1. The molecule has 0 aromatic heterocycles. The number of hydrogen-bond acceptors (Lipinski definition) is 6. The quantitative estimate of drug-likeness (QED) is 0.263. The molecule has 2 bridgehead atoms. The Bertz CT molecular complexity index is 1460. The number of likely N-dealkylation sites (tertiary alicyclic amines) is 1.